The van der Waals surface area contributed by atoms with E-state index in [0.29, 0.717) is 37.3 Å². The topological polar surface area (TPSA) is 138 Å². The van der Waals surface area contributed by atoms with Crippen LogP contribution in [0.2, 0.25) is 5.28 Å². The molecule has 0 fully saturated rings. The molecule has 0 saturated heterocycles. The second-order valence-electron chi connectivity index (χ2n) is 8.44. The standard InChI is InChI=1S/C23H30ClN9O2/c1-4-26-22-29-16-8-7-15(11-17(16)33(22)14(2)3)12-27-23(34)35-10-6-5-9-32-13-28-18-19(25)30-21(24)31-20(18)32/h7-8,11,13-14H,4-6,9-10,12H2,1-3H3,(H,26,29)(H,27,34)(H2,25,30,31). The Labute approximate surface area is 208 Å². The number of aromatic nitrogens is 6. The number of nitrogens with zero attached hydrogens (tertiary/aromatic N) is 6. The summed E-state index contributed by atoms with van der Waals surface area (Å²) in [7, 11) is 0. The number of alkyl carbamates (subject to hydrolysis) is 1. The van der Waals surface area contributed by atoms with Crippen molar-refractivity contribution in [1.82, 2.24) is 34.4 Å². The molecule has 0 saturated carbocycles. The molecular weight excluding hydrogens is 470 g/mol. The Balaban J connectivity index is 1.25. The Morgan fingerprint density at radius 1 is 1.23 bits per heavy atom. The average molecular weight is 500 g/mol. The fourth-order valence-electron chi connectivity index (χ4n) is 3.93. The summed E-state index contributed by atoms with van der Waals surface area (Å²) in [5.74, 6) is 1.11. The molecule has 1 aromatic carbocycles. The molecule has 35 heavy (non-hydrogen) atoms. The van der Waals surface area contributed by atoms with Crippen LogP contribution in [0.25, 0.3) is 22.2 Å². The Bertz CT molecular complexity index is 1330. The van der Waals surface area contributed by atoms with Crippen molar-refractivity contribution < 1.29 is 9.53 Å². The molecule has 4 N–H and O–H groups in total. The maximum absolute atomic E-state index is 12.2. The maximum Gasteiger partial charge on any atom is 0.407 e. The molecule has 0 aliphatic carbocycles. The molecule has 4 aromatic rings. The number of nitrogens with two attached hydrogens (primary N) is 1. The van der Waals surface area contributed by atoms with Crippen LogP contribution in [0.1, 0.15) is 45.2 Å². The number of unbranched alkanes of at least 4 members (excludes halogenated alkanes) is 1. The summed E-state index contributed by atoms with van der Waals surface area (Å²) < 4.78 is 9.35. The van der Waals surface area contributed by atoms with E-state index < -0.39 is 6.09 Å². The van der Waals surface area contributed by atoms with Crippen LogP contribution >= 0.6 is 11.6 Å². The number of amides is 1. The second kappa shape index (κ2) is 10.8. The van der Waals surface area contributed by atoms with E-state index in [2.05, 4.69) is 55.1 Å². The van der Waals surface area contributed by atoms with Gasteiger partial charge in [-0.15, -0.1) is 0 Å². The highest BCUT2D eigenvalue weighted by molar-refractivity contribution is 6.28. The normalized spacial score (nSPS) is 11.5. The molecule has 186 valence electrons. The van der Waals surface area contributed by atoms with Crippen molar-refractivity contribution in [3.8, 4) is 0 Å². The van der Waals surface area contributed by atoms with Gasteiger partial charge in [-0.1, -0.05) is 6.07 Å². The van der Waals surface area contributed by atoms with E-state index in [1.165, 1.54) is 0 Å². The highest BCUT2D eigenvalue weighted by Crippen LogP contribution is 2.25. The van der Waals surface area contributed by atoms with Crippen molar-refractivity contribution >= 4 is 51.7 Å². The predicted octanol–water partition coefficient (Wildman–Crippen LogP) is 4.13. The van der Waals surface area contributed by atoms with Crippen LogP contribution in [0.15, 0.2) is 24.5 Å². The van der Waals surface area contributed by atoms with E-state index in [4.69, 9.17) is 22.1 Å². The number of carbonyl (C=O) groups excluding carboxylic acids is 1. The van der Waals surface area contributed by atoms with Gasteiger partial charge in [-0.05, 0) is 62.9 Å². The van der Waals surface area contributed by atoms with Gasteiger partial charge in [0, 0.05) is 25.7 Å². The van der Waals surface area contributed by atoms with Crippen molar-refractivity contribution in [2.24, 2.45) is 0 Å². The third kappa shape index (κ3) is 5.56. The fraction of sp³-hybridized carbons (Fsp3) is 0.435. The van der Waals surface area contributed by atoms with Crippen LogP contribution in [0.4, 0.5) is 16.6 Å². The van der Waals surface area contributed by atoms with E-state index in [0.717, 1.165) is 35.5 Å². The molecule has 0 unspecified atom stereocenters. The van der Waals surface area contributed by atoms with Crippen molar-refractivity contribution in [3.63, 3.8) is 0 Å². The number of hydrogen-bond donors (Lipinski definition) is 3. The summed E-state index contributed by atoms with van der Waals surface area (Å²) in [4.78, 5) is 29.2. The summed E-state index contributed by atoms with van der Waals surface area (Å²) in [5.41, 5.74) is 9.88. The SMILES string of the molecule is CCNc1nc2ccc(CNC(=O)OCCCCn3cnc4c(N)nc(Cl)nc43)cc2n1C(C)C. The molecular formula is C23H30ClN9O2. The third-order valence-corrected chi connectivity index (χ3v) is 5.70. The Morgan fingerprint density at radius 2 is 2.06 bits per heavy atom. The number of imidazole rings is 2. The van der Waals surface area contributed by atoms with Crippen LogP contribution in [0.3, 0.4) is 0 Å². The highest BCUT2D eigenvalue weighted by Gasteiger charge is 2.14. The van der Waals surface area contributed by atoms with Gasteiger partial charge in [0.05, 0.1) is 24.0 Å². The molecule has 0 radical (unpaired) electrons. The van der Waals surface area contributed by atoms with Gasteiger partial charge in [-0.3, -0.25) is 0 Å². The molecule has 3 aromatic heterocycles. The van der Waals surface area contributed by atoms with E-state index >= 15 is 0 Å². The highest BCUT2D eigenvalue weighted by atomic mass is 35.5. The van der Waals surface area contributed by atoms with Crippen LogP contribution in [0.5, 0.6) is 0 Å². The number of carbonyl (C=O) groups is 1. The monoisotopic (exact) mass is 499 g/mol. The zero-order valence-corrected chi connectivity index (χ0v) is 20.8. The molecule has 3 heterocycles. The number of nitrogens with one attached hydrogen (secondary N) is 2. The molecule has 0 atom stereocenters. The molecule has 0 aliphatic heterocycles. The number of hydrogen-bond acceptors (Lipinski definition) is 8. The van der Waals surface area contributed by atoms with Crippen molar-refractivity contribution in [2.45, 2.75) is 52.7 Å². The average Bonchev–Trinajstić information content (AvgIpc) is 3.38. The van der Waals surface area contributed by atoms with E-state index in [1.807, 2.05) is 23.6 Å². The Morgan fingerprint density at radius 3 is 2.83 bits per heavy atom. The molecule has 0 bridgehead atoms. The lowest BCUT2D eigenvalue weighted by Crippen LogP contribution is -2.24. The van der Waals surface area contributed by atoms with E-state index in [1.54, 1.807) is 6.33 Å². The fourth-order valence-corrected chi connectivity index (χ4v) is 4.10. The number of fused-ring (bicyclic) bond motifs is 2. The largest absolute Gasteiger partial charge is 0.450 e. The number of rotatable bonds is 10. The zero-order chi connectivity index (χ0) is 24.9. The number of aryl methyl sites for hydroxylation is 1. The minimum atomic E-state index is -0.448. The van der Waals surface area contributed by atoms with Crippen molar-refractivity contribution in [2.75, 3.05) is 24.2 Å². The van der Waals surface area contributed by atoms with Gasteiger partial charge in [-0.2, -0.15) is 9.97 Å². The molecule has 11 nitrogen and oxygen atoms in total. The van der Waals surface area contributed by atoms with Gasteiger partial charge in [-0.25, -0.2) is 14.8 Å². The molecule has 1 amide bonds. The van der Waals surface area contributed by atoms with Gasteiger partial charge in [0.1, 0.15) is 5.52 Å². The molecule has 0 aliphatic rings. The van der Waals surface area contributed by atoms with Gasteiger partial charge in [0.15, 0.2) is 11.5 Å². The quantitative estimate of drug-likeness (QED) is 0.219. The minimum Gasteiger partial charge on any atom is -0.450 e. The lowest BCUT2D eigenvalue weighted by Gasteiger charge is -2.13. The lowest BCUT2D eigenvalue weighted by atomic mass is 10.2. The summed E-state index contributed by atoms with van der Waals surface area (Å²) in [6, 6.07) is 6.25. The molecule has 12 heteroatoms. The summed E-state index contributed by atoms with van der Waals surface area (Å²) >= 11 is 5.89. The Kier molecular flexibility index (Phi) is 7.54. The number of benzene rings is 1. The lowest BCUT2D eigenvalue weighted by molar-refractivity contribution is 0.143. The van der Waals surface area contributed by atoms with Crippen molar-refractivity contribution in [1.29, 1.82) is 0 Å². The first-order valence-electron chi connectivity index (χ1n) is 11.7. The first-order chi connectivity index (χ1) is 16.9. The van der Waals surface area contributed by atoms with Gasteiger partial charge < -0.3 is 30.2 Å². The van der Waals surface area contributed by atoms with Crippen LogP contribution < -0.4 is 16.4 Å². The molecule has 4 rings (SSSR count). The summed E-state index contributed by atoms with van der Waals surface area (Å²) in [6.45, 7) is 8.42. The maximum atomic E-state index is 12.2. The number of anilines is 2. The zero-order valence-electron chi connectivity index (χ0n) is 20.1. The van der Waals surface area contributed by atoms with Crippen LogP contribution in [-0.4, -0.2) is 48.3 Å². The first kappa shape index (κ1) is 24.5. The third-order valence-electron chi connectivity index (χ3n) is 5.53. The van der Waals surface area contributed by atoms with E-state index in [-0.39, 0.29) is 17.1 Å². The van der Waals surface area contributed by atoms with Crippen molar-refractivity contribution in [3.05, 3.63) is 35.4 Å². The number of halogens is 1. The van der Waals surface area contributed by atoms with Crippen LogP contribution in [0, 0.1) is 0 Å². The Hall–Kier alpha value is -3.60. The second-order valence-corrected chi connectivity index (χ2v) is 8.78. The van der Waals surface area contributed by atoms with Gasteiger partial charge >= 0.3 is 6.09 Å². The minimum absolute atomic E-state index is 0.0858. The summed E-state index contributed by atoms with van der Waals surface area (Å²) in [5, 5.41) is 6.22. The smallest absolute Gasteiger partial charge is 0.407 e. The first-order valence-corrected chi connectivity index (χ1v) is 12.0. The van der Waals surface area contributed by atoms with Crippen LogP contribution in [-0.2, 0) is 17.8 Å². The van der Waals surface area contributed by atoms with E-state index in [9.17, 15) is 4.79 Å². The molecule has 0 spiro atoms. The predicted molar refractivity (Wildman–Crippen MR) is 136 cm³/mol. The summed E-state index contributed by atoms with van der Waals surface area (Å²) in [6.07, 6.45) is 2.66. The van der Waals surface area contributed by atoms with Gasteiger partial charge in [0.2, 0.25) is 11.2 Å². The van der Waals surface area contributed by atoms with Gasteiger partial charge in [0.25, 0.3) is 0 Å². The number of ether oxygens (including phenoxy) is 1. The number of nitrogen functional groups attached to an aromatic ring is 1.